The molecule has 3 rings (SSSR count). The molecule has 0 bridgehead atoms. The monoisotopic (exact) mass is 317 g/mol. The molecule has 5 heteroatoms. The fourth-order valence-corrected chi connectivity index (χ4v) is 2.33. The van der Waals surface area contributed by atoms with Crippen molar-refractivity contribution in [1.29, 1.82) is 0 Å². The van der Waals surface area contributed by atoms with E-state index >= 15 is 0 Å². The molecule has 0 aliphatic rings. The highest BCUT2D eigenvalue weighted by Gasteiger charge is 2.11. The highest BCUT2D eigenvalue weighted by molar-refractivity contribution is 9.10. The van der Waals surface area contributed by atoms with Crippen molar-refractivity contribution < 1.29 is 4.42 Å². The van der Waals surface area contributed by atoms with Crippen molar-refractivity contribution in [2.24, 2.45) is 0 Å². The van der Waals surface area contributed by atoms with Gasteiger partial charge in [0, 0.05) is 10.7 Å². The predicted octanol–water partition coefficient (Wildman–Crippen LogP) is 3.54. The third-order valence-corrected chi connectivity index (χ3v) is 3.61. The second kappa shape index (κ2) is 4.93. The van der Waals surface area contributed by atoms with E-state index in [1.54, 1.807) is 6.26 Å². The molecular weight excluding hydrogens is 306 g/mol. The van der Waals surface area contributed by atoms with E-state index in [1.165, 1.54) is 0 Å². The van der Waals surface area contributed by atoms with Crippen LogP contribution in [0.1, 0.15) is 5.56 Å². The summed E-state index contributed by atoms with van der Waals surface area (Å²) in [7, 11) is 0. The predicted molar refractivity (Wildman–Crippen MR) is 77.6 cm³/mol. The third kappa shape index (κ3) is 2.42. The number of nitrogens with zero attached hydrogens (tertiary/aromatic N) is 2. The van der Waals surface area contributed by atoms with Crippen LogP contribution in [0, 0.1) is 0 Å². The van der Waals surface area contributed by atoms with Gasteiger partial charge in [-0.25, -0.2) is 0 Å². The van der Waals surface area contributed by atoms with Gasteiger partial charge in [0.05, 0.1) is 18.5 Å². The number of nitrogens with two attached hydrogens (primary N) is 1. The lowest BCUT2D eigenvalue weighted by molar-refractivity contribution is 0.576. The summed E-state index contributed by atoms with van der Waals surface area (Å²) in [4.78, 5) is 0. The first kappa shape index (κ1) is 12.0. The number of benzene rings is 1. The number of nitrogen functional groups attached to an aromatic ring is 1. The maximum Gasteiger partial charge on any atom is 0.156 e. The summed E-state index contributed by atoms with van der Waals surface area (Å²) in [5.41, 5.74) is 8.41. The summed E-state index contributed by atoms with van der Waals surface area (Å²) in [5.74, 6) is 0.684. The normalized spacial score (nSPS) is 10.8. The van der Waals surface area contributed by atoms with Crippen LogP contribution in [0.4, 0.5) is 5.69 Å². The Morgan fingerprint density at radius 3 is 2.79 bits per heavy atom. The fraction of sp³-hybridized carbons (Fsp3) is 0.0714. The number of aromatic nitrogens is 2. The van der Waals surface area contributed by atoms with Crippen molar-refractivity contribution in [2.75, 3.05) is 5.73 Å². The smallest absolute Gasteiger partial charge is 0.156 e. The van der Waals surface area contributed by atoms with Crippen LogP contribution < -0.4 is 5.73 Å². The van der Waals surface area contributed by atoms with Gasteiger partial charge in [0.2, 0.25) is 0 Å². The molecule has 2 aromatic heterocycles. The van der Waals surface area contributed by atoms with E-state index in [0.29, 0.717) is 23.7 Å². The van der Waals surface area contributed by atoms with E-state index in [2.05, 4.69) is 27.1 Å². The molecule has 0 fully saturated rings. The zero-order valence-electron chi connectivity index (χ0n) is 10.1. The number of anilines is 1. The van der Waals surface area contributed by atoms with Crippen LogP contribution in [-0.4, -0.2) is 9.78 Å². The van der Waals surface area contributed by atoms with Gasteiger partial charge in [0.15, 0.2) is 11.5 Å². The molecule has 0 aliphatic carbocycles. The van der Waals surface area contributed by atoms with Gasteiger partial charge >= 0.3 is 0 Å². The number of hydrogen-bond acceptors (Lipinski definition) is 3. The Labute approximate surface area is 119 Å². The fourth-order valence-electron chi connectivity index (χ4n) is 1.92. The first-order chi connectivity index (χ1) is 9.24. The highest BCUT2D eigenvalue weighted by atomic mass is 79.9. The summed E-state index contributed by atoms with van der Waals surface area (Å²) >= 11 is 3.53. The molecule has 2 heterocycles. The van der Waals surface area contributed by atoms with Crippen molar-refractivity contribution in [3.8, 4) is 11.5 Å². The SMILES string of the molecule is Nc1cn(Cc2ccccc2Br)nc1-c1ccco1. The van der Waals surface area contributed by atoms with Crippen LogP contribution in [0.2, 0.25) is 0 Å². The number of hydrogen-bond donors (Lipinski definition) is 1. The Bertz CT molecular complexity index is 689. The maximum atomic E-state index is 5.97. The van der Waals surface area contributed by atoms with Crippen molar-refractivity contribution in [3.63, 3.8) is 0 Å². The first-order valence-corrected chi connectivity index (χ1v) is 6.63. The van der Waals surface area contributed by atoms with Gasteiger partial charge < -0.3 is 10.2 Å². The van der Waals surface area contributed by atoms with Gasteiger partial charge in [-0.15, -0.1) is 0 Å². The summed E-state index contributed by atoms with van der Waals surface area (Å²) in [5, 5.41) is 4.47. The Morgan fingerprint density at radius 1 is 1.21 bits per heavy atom. The number of rotatable bonds is 3. The molecule has 96 valence electrons. The molecule has 0 unspecified atom stereocenters. The van der Waals surface area contributed by atoms with Crippen LogP contribution in [0.3, 0.4) is 0 Å². The molecule has 0 aliphatic heterocycles. The van der Waals surface area contributed by atoms with Crippen LogP contribution in [0.25, 0.3) is 11.5 Å². The van der Waals surface area contributed by atoms with Crippen molar-refractivity contribution in [3.05, 3.63) is 58.9 Å². The molecule has 4 nitrogen and oxygen atoms in total. The maximum absolute atomic E-state index is 5.97. The zero-order chi connectivity index (χ0) is 13.2. The molecule has 0 atom stereocenters. The van der Waals surface area contributed by atoms with Gasteiger partial charge in [0.25, 0.3) is 0 Å². The van der Waals surface area contributed by atoms with Gasteiger partial charge in [-0.2, -0.15) is 5.10 Å². The lowest BCUT2D eigenvalue weighted by atomic mass is 10.2. The van der Waals surface area contributed by atoms with Crippen LogP contribution >= 0.6 is 15.9 Å². The van der Waals surface area contributed by atoms with Gasteiger partial charge in [-0.3, -0.25) is 4.68 Å². The molecule has 2 N–H and O–H groups in total. The van der Waals surface area contributed by atoms with Crippen molar-refractivity contribution in [1.82, 2.24) is 9.78 Å². The molecule has 0 radical (unpaired) electrons. The van der Waals surface area contributed by atoms with E-state index in [4.69, 9.17) is 10.2 Å². The van der Waals surface area contributed by atoms with E-state index in [0.717, 1.165) is 10.0 Å². The Balaban J connectivity index is 1.91. The molecule has 0 saturated carbocycles. The zero-order valence-corrected chi connectivity index (χ0v) is 11.7. The van der Waals surface area contributed by atoms with Crippen LogP contribution in [-0.2, 0) is 6.54 Å². The Morgan fingerprint density at radius 2 is 2.05 bits per heavy atom. The topological polar surface area (TPSA) is 57.0 Å². The van der Waals surface area contributed by atoms with Crippen LogP contribution in [0.15, 0.2) is 57.7 Å². The highest BCUT2D eigenvalue weighted by Crippen LogP contribution is 2.25. The molecular formula is C14H12BrN3O. The molecule has 0 amide bonds. The summed E-state index contributed by atoms with van der Waals surface area (Å²) in [6, 6.07) is 11.7. The van der Waals surface area contributed by atoms with E-state index in [1.807, 2.05) is 41.2 Å². The van der Waals surface area contributed by atoms with E-state index in [9.17, 15) is 0 Å². The average molecular weight is 318 g/mol. The van der Waals surface area contributed by atoms with Crippen molar-refractivity contribution >= 4 is 21.6 Å². The minimum absolute atomic E-state index is 0.613. The largest absolute Gasteiger partial charge is 0.463 e. The van der Waals surface area contributed by atoms with Gasteiger partial charge in [-0.05, 0) is 23.8 Å². The molecule has 1 aromatic carbocycles. The van der Waals surface area contributed by atoms with E-state index < -0.39 is 0 Å². The van der Waals surface area contributed by atoms with E-state index in [-0.39, 0.29) is 0 Å². The second-order valence-electron chi connectivity index (χ2n) is 4.20. The molecule has 0 spiro atoms. The quantitative estimate of drug-likeness (QED) is 0.803. The van der Waals surface area contributed by atoms with Gasteiger partial charge in [0.1, 0.15) is 0 Å². The first-order valence-electron chi connectivity index (χ1n) is 5.84. The molecule has 19 heavy (non-hydrogen) atoms. The number of halogens is 1. The summed E-state index contributed by atoms with van der Waals surface area (Å²) < 4.78 is 8.19. The standard InChI is InChI=1S/C14H12BrN3O/c15-11-5-2-1-4-10(11)8-18-9-12(16)14(17-18)13-6-3-7-19-13/h1-7,9H,8,16H2. The Kier molecular flexibility index (Phi) is 3.13. The Hall–Kier alpha value is -2.01. The minimum Gasteiger partial charge on any atom is -0.463 e. The summed E-state index contributed by atoms with van der Waals surface area (Å²) in [6.45, 7) is 0.659. The molecule has 0 saturated heterocycles. The number of furan rings is 1. The molecule has 3 aromatic rings. The lowest BCUT2D eigenvalue weighted by Gasteiger charge is -2.03. The third-order valence-electron chi connectivity index (χ3n) is 2.83. The summed E-state index contributed by atoms with van der Waals surface area (Å²) in [6.07, 6.45) is 3.43. The lowest BCUT2D eigenvalue weighted by Crippen LogP contribution is -2.00. The minimum atomic E-state index is 0.613. The van der Waals surface area contributed by atoms with Crippen molar-refractivity contribution in [2.45, 2.75) is 6.54 Å². The van der Waals surface area contributed by atoms with Gasteiger partial charge in [-0.1, -0.05) is 34.1 Å². The second-order valence-corrected chi connectivity index (χ2v) is 5.05. The van der Waals surface area contributed by atoms with Crippen LogP contribution in [0.5, 0.6) is 0 Å². The average Bonchev–Trinajstić information content (AvgIpc) is 3.01.